The lowest BCUT2D eigenvalue weighted by molar-refractivity contribution is -0.0893. The van der Waals surface area contributed by atoms with Crippen LogP contribution in [0, 0.1) is 0 Å². The summed E-state index contributed by atoms with van der Waals surface area (Å²) in [7, 11) is 3.42. The first kappa shape index (κ1) is 21.9. The van der Waals surface area contributed by atoms with Gasteiger partial charge in [0.1, 0.15) is 5.75 Å². The number of benzene rings is 1. The van der Waals surface area contributed by atoms with Gasteiger partial charge in [-0.1, -0.05) is 12.1 Å². The van der Waals surface area contributed by atoms with Crippen molar-refractivity contribution in [2.24, 2.45) is 0 Å². The van der Waals surface area contributed by atoms with E-state index in [0.717, 1.165) is 48.3 Å². The van der Waals surface area contributed by atoms with Crippen molar-refractivity contribution in [1.82, 2.24) is 9.78 Å². The van der Waals surface area contributed by atoms with E-state index in [1.54, 1.807) is 28.4 Å². The second kappa shape index (κ2) is 8.90. The minimum absolute atomic E-state index is 0.407. The van der Waals surface area contributed by atoms with Gasteiger partial charge in [0, 0.05) is 12.2 Å². The Morgan fingerprint density at radius 1 is 1.10 bits per heavy atom. The SMILES string of the molecule is COc1ccc(COCc2nn3c(c2[B]OC(C)(C)C(C)(C)O)CCCC3)cc1. The van der Waals surface area contributed by atoms with E-state index in [1.807, 2.05) is 38.1 Å². The van der Waals surface area contributed by atoms with E-state index in [4.69, 9.17) is 19.2 Å². The minimum atomic E-state index is -0.970. The number of aromatic nitrogens is 2. The van der Waals surface area contributed by atoms with Gasteiger partial charge in [-0.2, -0.15) is 5.10 Å². The Morgan fingerprint density at radius 2 is 1.83 bits per heavy atom. The average Bonchev–Trinajstić information content (AvgIpc) is 3.03. The Bertz CT molecular complexity index is 809. The summed E-state index contributed by atoms with van der Waals surface area (Å²) in [6.07, 6.45) is 3.26. The predicted octanol–water partition coefficient (Wildman–Crippen LogP) is 2.76. The lowest BCUT2D eigenvalue weighted by Gasteiger charge is -2.37. The molecule has 29 heavy (non-hydrogen) atoms. The van der Waals surface area contributed by atoms with Crippen molar-refractivity contribution in [1.29, 1.82) is 0 Å². The van der Waals surface area contributed by atoms with Crippen molar-refractivity contribution in [2.45, 2.75) is 77.9 Å². The first-order valence-corrected chi connectivity index (χ1v) is 10.2. The Hall–Kier alpha value is -1.83. The van der Waals surface area contributed by atoms with E-state index in [1.165, 1.54) is 5.69 Å². The minimum Gasteiger partial charge on any atom is -0.497 e. The molecule has 0 fully saturated rings. The van der Waals surface area contributed by atoms with Crippen LogP contribution in [0.4, 0.5) is 0 Å². The molecule has 0 spiro atoms. The molecule has 0 amide bonds. The number of ether oxygens (including phenoxy) is 2. The normalized spacial score (nSPS) is 14.6. The Labute approximate surface area is 174 Å². The summed E-state index contributed by atoms with van der Waals surface area (Å²) >= 11 is 0. The van der Waals surface area contributed by atoms with Gasteiger partial charge in [0.25, 0.3) is 0 Å². The molecular weight excluding hydrogens is 367 g/mol. The average molecular weight is 399 g/mol. The largest absolute Gasteiger partial charge is 0.497 e. The molecule has 157 valence electrons. The number of fused-ring (bicyclic) bond motifs is 1. The van der Waals surface area contributed by atoms with Crippen LogP contribution in [-0.4, -0.2) is 40.7 Å². The van der Waals surface area contributed by atoms with Gasteiger partial charge in [0.2, 0.25) is 0 Å². The topological polar surface area (TPSA) is 65.7 Å². The van der Waals surface area contributed by atoms with E-state index in [9.17, 15) is 5.11 Å². The van der Waals surface area contributed by atoms with Crippen LogP contribution in [0.25, 0.3) is 0 Å². The highest BCUT2D eigenvalue weighted by atomic mass is 16.5. The standard InChI is InChI=1S/C22H32BN2O4/c1-21(2,26)22(3,4)29-23-20-18(24-25-13-7-6-8-19(20)25)15-28-14-16-9-11-17(27-5)12-10-16/h9-12,26H,6-8,13-15H2,1-5H3. The van der Waals surface area contributed by atoms with Gasteiger partial charge in [0.05, 0.1) is 37.2 Å². The van der Waals surface area contributed by atoms with Gasteiger partial charge in [-0.25, -0.2) is 0 Å². The summed E-state index contributed by atoms with van der Waals surface area (Å²) in [5.74, 6) is 0.832. The van der Waals surface area contributed by atoms with Crippen LogP contribution in [0.5, 0.6) is 5.75 Å². The number of rotatable bonds is 9. The molecule has 1 radical (unpaired) electrons. The molecule has 0 atom stereocenters. The van der Waals surface area contributed by atoms with Gasteiger partial charge >= 0.3 is 7.48 Å². The maximum absolute atomic E-state index is 10.4. The molecule has 0 saturated heterocycles. The molecule has 1 N–H and O–H groups in total. The van der Waals surface area contributed by atoms with E-state index in [0.29, 0.717) is 13.2 Å². The van der Waals surface area contributed by atoms with E-state index >= 15 is 0 Å². The molecular formula is C22H32BN2O4. The summed E-state index contributed by atoms with van der Waals surface area (Å²) < 4.78 is 19.3. The highest BCUT2D eigenvalue weighted by molar-refractivity contribution is 6.48. The zero-order valence-corrected chi connectivity index (χ0v) is 18.2. The van der Waals surface area contributed by atoms with Crippen LogP contribution in [0.15, 0.2) is 24.3 Å². The summed E-state index contributed by atoms with van der Waals surface area (Å²) in [6.45, 7) is 9.12. The smallest absolute Gasteiger partial charge is 0.334 e. The lowest BCUT2D eigenvalue weighted by atomic mass is 9.80. The van der Waals surface area contributed by atoms with E-state index in [-0.39, 0.29) is 0 Å². The molecule has 0 bridgehead atoms. The zero-order valence-electron chi connectivity index (χ0n) is 18.2. The number of methoxy groups -OCH3 is 1. The number of hydrogen-bond acceptors (Lipinski definition) is 5. The molecule has 1 aliphatic heterocycles. The van der Waals surface area contributed by atoms with Crippen molar-refractivity contribution in [3.63, 3.8) is 0 Å². The van der Waals surface area contributed by atoms with E-state index in [2.05, 4.69) is 4.68 Å². The van der Waals surface area contributed by atoms with Crippen LogP contribution in [-0.2, 0) is 35.6 Å². The van der Waals surface area contributed by atoms with Gasteiger partial charge in [-0.15, -0.1) is 0 Å². The van der Waals surface area contributed by atoms with Gasteiger partial charge in [0.15, 0.2) is 0 Å². The molecule has 0 aliphatic carbocycles. The first-order chi connectivity index (χ1) is 13.7. The van der Waals surface area contributed by atoms with Gasteiger partial charge < -0.3 is 19.2 Å². The quantitative estimate of drug-likeness (QED) is 0.657. The monoisotopic (exact) mass is 399 g/mol. The highest BCUT2D eigenvalue weighted by Gasteiger charge is 2.36. The van der Waals surface area contributed by atoms with Crippen molar-refractivity contribution >= 4 is 12.9 Å². The van der Waals surface area contributed by atoms with Crippen molar-refractivity contribution in [3.05, 3.63) is 41.2 Å². The fourth-order valence-electron chi connectivity index (χ4n) is 3.15. The molecule has 1 aliphatic rings. The fourth-order valence-corrected chi connectivity index (χ4v) is 3.15. The van der Waals surface area contributed by atoms with Crippen LogP contribution in [0.1, 0.15) is 57.5 Å². The molecule has 1 aromatic heterocycles. The second-order valence-electron chi connectivity index (χ2n) is 8.63. The maximum Gasteiger partial charge on any atom is 0.334 e. The van der Waals surface area contributed by atoms with Crippen LogP contribution >= 0.6 is 0 Å². The third kappa shape index (κ3) is 5.21. The lowest BCUT2D eigenvalue weighted by Crippen LogP contribution is -2.49. The third-order valence-electron chi connectivity index (χ3n) is 5.82. The van der Waals surface area contributed by atoms with Crippen molar-refractivity contribution in [3.8, 4) is 5.75 Å². The Morgan fingerprint density at radius 3 is 2.48 bits per heavy atom. The van der Waals surface area contributed by atoms with E-state index < -0.39 is 11.2 Å². The summed E-state index contributed by atoms with van der Waals surface area (Å²) in [5.41, 5.74) is 2.43. The van der Waals surface area contributed by atoms with Crippen LogP contribution < -0.4 is 10.2 Å². The molecule has 2 aromatic rings. The Balaban J connectivity index is 1.69. The van der Waals surface area contributed by atoms with Crippen LogP contribution in [0.3, 0.4) is 0 Å². The molecule has 6 nitrogen and oxygen atoms in total. The predicted molar refractivity (Wildman–Crippen MR) is 114 cm³/mol. The first-order valence-electron chi connectivity index (χ1n) is 10.2. The summed E-state index contributed by atoms with van der Waals surface area (Å²) in [4.78, 5) is 0. The molecule has 0 unspecified atom stereocenters. The van der Waals surface area contributed by atoms with Crippen LogP contribution in [0.2, 0.25) is 0 Å². The zero-order chi connectivity index (χ0) is 21.1. The van der Waals surface area contributed by atoms with Gasteiger partial charge in [-0.3, -0.25) is 4.68 Å². The summed E-state index contributed by atoms with van der Waals surface area (Å²) in [6, 6.07) is 7.86. The molecule has 3 rings (SSSR count). The number of aryl methyl sites for hydroxylation is 1. The summed E-state index contributed by atoms with van der Waals surface area (Å²) in [5, 5.41) is 15.2. The third-order valence-corrected chi connectivity index (χ3v) is 5.82. The number of aliphatic hydroxyl groups is 1. The van der Waals surface area contributed by atoms with Crippen molar-refractivity contribution < 1.29 is 19.2 Å². The number of hydrogen-bond donors (Lipinski definition) is 1. The molecule has 7 heteroatoms. The molecule has 0 saturated carbocycles. The molecule has 1 aromatic carbocycles. The molecule has 2 heterocycles. The van der Waals surface area contributed by atoms with Crippen molar-refractivity contribution in [2.75, 3.05) is 7.11 Å². The maximum atomic E-state index is 10.4. The highest BCUT2D eigenvalue weighted by Crippen LogP contribution is 2.25. The Kier molecular flexibility index (Phi) is 6.71. The van der Waals surface area contributed by atoms with Gasteiger partial charge in [-0.05, 0) is 70.1 Å². The fraction of sp³-hybridized carbons (Fsp3) is 0.591. The second-order valence-corrected chi connectivity index (χ2v) is 8.63. The number of nitrogens with zero attached hydrogens (tertiary/aromatic N) is 2.